The fourth-order valence-electron chi connectivity index (χ4n) is 3.78. The minimum Gasteiger partial charge on any atom is -0.468 e. The topological polar surface area (TPSA) is 42.4 Å². The molecule has 2 rings (SSSR count). The van der Waals surface area contributed by atoms with E-state index in [0.29, 0.717) is 12.5 Å². The summed E-state index contributed by atoms with van der Waals surface area (Å²) < 4.78 is 4.89. The van der Waals surface area contributed by atoms with Crippen LogP contribution in [-0.2, 0) is 14.9 Å². The van der Waals surface area contributed by atoms with Crippen molar-refractivity contribution >= 4 is 5.97 Å². The Kier molecular flexibility index (Phi) is 6.58. The third-order valence-electron chi connectivity index (χ3n) is 4.75. The summed E-state index contributed by atoms with van der Waals surface area (Å²) in [4.78, 5) is 18.7. The van der Waals surface area contributed by atoms with Crippen molar-refractivity contribution in [2.24, 2.45) is 5.92 Å². The Balaban J connectivity index is 2.21. The zero-order valence-electron chi connectivity index (χ0n) is 14.8. The molecule has 1 aliphatic carbocycles. The number of esters is 1. The highest BCUT2D eigenvalue weighted by Gasteiger charge is 2.37. The van der Waals surface area contributed by atoms with Crippen molar-refractivity contribution in [3.05, 3.63) is 30.1 Å². The van der Waals surface area contributed by atoms with E-state index >= 15 is 0 Å². The van der Waals surface area contributed by atoms with Crippen molar-refractivity contribution in [3.63, 3.8) is 0 Å². The minimum absolute atomic E-state index is 0.0718. The van der Waals surface area contributed by atoms with Crippen molar-refractivity contribution in [3.8, 4) is 0 Å². The summed E-state index contributed by atoms with van der Waals surface area (Å²) in [5, 5.41) is 0. The van der Waals surface area contributed by atoms with Crippen LogP contribution >= 0.6 is 0 Å². The molecule has 0 N–H and O–H groups in total. The van der Waals surface area contributed by atoms with Crippen LogP contribution in [0.15, 0.2) is 24.4 Å². The van der Waals surface area contributed by atoms with E-state index in [1.165, 1.54) is 32.1 Å². The lowest BCUT2D eigenvalue weighted by molar-refractivity contribution is -0.142. The average Bonchev–Trinajstić information content (AvgIpc) is 2.55. The first-order valence-corrected chi connectivity index (χ1v) is 8.76. The largest absolute Gasteiger partial charge is 0.468 e. The smallest absolute Gasteiger partial charge is 0.319 e. The quantitative estimate of drug-likeness (QED) is 0.723. The van der Waals surface area contributed by atoms with Gasteiger partial charge in [0.15, 0.2) is 0 Å². The number of nitrogens with zero attached hydrogens (tertiary/aromatic N) is 2. The first-order valence-electron chi connectivity index (χ1n) is 8.76. The highest BCUT2D eigenvalue weighted by molar-refractivity contribution is 5.71. The van der Waals surface area contributed by atoms with Gasteiger partial charge in [-0.15, -0.1) is 0 Å². The maximum absolute atomic E-state index is 11.8. The van der Waals surface area contributed by atoms with Crippen LogP contribution in [0.1, 0.15) is 51.6 Å². The molecule has 1 aromatic heterocycles. The van der Waals surface area contributed by atoms with Gasteiger partial charge in [0, 0.05) is 30.4 Å². The summed E-state index contributed by atoms with van der Waals surface area (Å²) in [6.45, 7) is 6.54. The lowest BCUT2D eigenvalue weighted by Crippen LogP contribution is -2.46. The Morgan fingerprint density at radius 2 is 2.04 bits per heavy atom. The highest BCUT2D eigenvalue weighted by atomic mass is 16.5. The lowest BCUT2D eigenvalue weighted by Gasteiger charge is -2.41. The van der Waals surface area contributed by atoms with Crippen molar-refractivity contribution < 1.29 is 9.53 Å². The van der Waals surface area contributed by atoms with Crippen LogP contribution in [0.5, 0.6) is 0 Å². The fraction of sp³-hybridized carbons (Fsp3) is 0.684. The van der Waals surface area contributed by atoms with Crippen LogP contribution in [0, 0.1) is 5.92 Å². The Labute approximate surface area is 140 Å². The van der Waals surface area contributed by atoms with Gasteiger partial charge < -0.3 is 4.74 Å². The first kappa shape index (κ1) is 17.9. The molecule has 23 heavy (non-hydrogen) atoms. The minimum atomic E-state index is -0.155. The van der Waals surface area contributed by atoms with Gasteiger partial charge in [0.25, 0.3) is 0 Å². The molecule has 4 heteroatoms. The fourth-order valence-corrected chi connectivity index (χ4v) is 3.78. The average molecular weight is 318 g/mol. The number of aromatic nitrogens is 1. The molecule has 0 unspecified atom stereocenters. The van der Waals surface area contributed by atoms with Crippen LogP contribution in [0.25, 0.3) is 0 Å². The summed E-state index contributed by atoms with van der Waals surface area (Å²) in [6.07, 6.45) is 7.97. The van der Waals surface area contributed by atoms with E-state index in [2.05, 4.69) is 35.9 Å². The van der Waals surface area contributed by atoms with E-state index < -0.39 is 0 Å². The molecule has 0 amide bonds. The maximum Gasteiger partial charge on any atom is 0.319 e. The normalized spacial score (nSPS) is 17.4. The van der Waals surface area contributed by atoms with E-state index in [0.717, 1.165) is 25.9 Å². The molecule has 0 spiro atoms. The van der Waals surface area contributed by atoms with Crippen LogP contribution in [0.2, 0.25) is 0 Å². The predicted molar refractivity (Wildman–Crippen MR) is 92.3 cm³/mol. The van der Waals surface area contributed by atoms with E-state index in [1.54, 1.807) is 0 Å². The molecule has 0 atom stereocenters. The molecular formula is C19H30N2O2. The van der Waals surface area contributed by atoms with Crippen molar-refractivity contribution in [2.45, 2.75) is 51.4 Å². The van der Waals surface area contributed by atoms with Gasteiger partial charge in [-0.25, -0.2) is 0 Å². The number of carbonyl (C=O) groups is 1. The second-order valence-electron chi connectivity index (χ2n) is 7.20. The van der Waals surface area contributed by atoms with Gasteiger partial charge in [0.1, 0.15) is 0 Å². The SMILES string of the molecule is COC(=O)CN(CC(C)C)CC1(c2ccccn2)CCCCC1. The molecule has 1 heterocycles. The van der Waals surface area contributed by atoms with Crippen LogP contribution < -0.4 is 0 Å². The standard InChI is InChI=1S/C19H30N2O2/c1-16(2)13-21(14-18(22)23-3)15-19(10-6-4-7-11-19)17-9-5-8-12-20-17/h5,8-9,12,16H,4,6-7,10-11,13-15H2,1-3H3. The molecule has 4 nitrogen and oxygen atoms in total. The second kappa shape index (κ2) is 8.44. The molecule has 1 aliphatic rings. The number of methoxy groups -OCH3 is 1. The predicted octanol–water partition coefficient (Wildman–Crippen LogP) is 3.41. The second-order valence-corrected chi connectivity index (χ2v) is 7.20. The van der Waals surface area contributed by atoms with Gasteiger partial charge in [-0.3, -0.25) is 14.7 Å². The molecule has 0 bridgehead atoms. The van der Waals surface area contributed by atoms with Gasteiger partial charge in [-0.05, 0) is 30.9 Å². The van der Waals surface area contributed by atoms with Gasteiger partial charge in [0.2, 0.25) is 0 Å². The molecule has 1 aromatic rings. The van der Waals surface area contributed by atoms with E-state index in [-0.39, 0.29) is 11.4 Å². The first-order chi connectivity index (χ1) is 11.1. The molecule has 1 saturated carbocycles. The Hall–Kier alpha value is -1.42. The Morgan fingerprint density at radius 1 is 1.30 bits per heavy atom. The number of hydrogen-bond acceptors (Lipinski definition) is 4. The zero-order valence-corrected chi connectivity index (χ0v) is 14.8. The van der Waals surface area contributed by atoms with E-state index in [4.69, 9.17) is 4.74 Å². The summed E-state index contributed by atoms with van der Waals surface area (Å²) in [6, 6.07) is 6.20. The van der Waals surface area contributed by atoms with E-state index in [9.17, 15) is 4.79 Å². The van der Waals surface area contributed by atoms with Crippen molar-refractivity contribution in [1.29, 1.82) is 0 Å². The number of ether oxygens (including phenoxy) is 1. The highest BCUT2D eigenvalue weighted by Crippen LogP contribution is 2.39. The number of hydrogen-bond donors (Lipinski definition) is 0. The maximum atomic E-state index is 11.8. The molecule has 128 valence electrons. The summed E-state index contributed by atoms with van der Waals surface area (Å²) in [5.74, 6) is 0.363. The molecular weight excluding hydrogens is 288 g/mol. The van der Waals surface area contributed by atoms with Crippen molar-refractivity contribution in [2.75, 3.05) is 26.7 Å². The molecule has 1 fully saturated rings. The van der Waals surface area contributed by atoms with Gasteiger partial charge >= 0.3 is 5.97 Å². The van der Waals surface area contributed by atoms with Crippen LogP contribution in [0.3, 0.4) is 0 Å². The third kappa shape index (κ3) is 5.03. The summed E-state index contributed by atoms with van der Waals surface area (Å²) >= 11 is 0. The number of carbonyl (C=O) groups excluding carboxylic acids is 1. The third-order valence-corrected chi connectivity index (χ3v) is 4.75. The molecule has 0 aliphatic heterocycles. The van der Waals surface area contributed by atoms with Crippen LogP contribution in [-0.4, -0.2) is 42.6 Å². The van der Waals surface area contributed by atoms with Gasteiger partial charge in [0.05, 0.1) is 13.7 Å². The van der Waals surface area contributed by atoms with Crippen LogP contribution in [0.4, 0.5) is 0 Å². The molecule has 0 aromatic carbocycles. The number of rotatable bonds is 7. The monoisotopic (exact) mass is 318 g/mol. The molecule has 0 radical (unpaired) electrons. The summed E-state index contributed by atoms with van der Waals surface area (Å²) in [7, 11) is 1.46. The van der Waals surface area contributed by atoms with Gasteiger partial charge in [-0.2, -0.15) is 0 Å². The number of pyridine rings is 1. The van der Waals surface area contributed by atoms with Crippen molar-refractivity contribution in [1.82, 2.24) is 9.88 Å². The molecule has 0 saturated heterocycles. The zero-order chi connectivity index (χ0) is 16.7. The summed E-state index contributed by atoms with van der Waals surface area (Å²) in [5.41, 5.74) is 1.25. The van der Waals surface area contributed by atoms with E-state index in [1.807, 2.05) is 12.3 Å². The lowest BCUT2D eigenvalue weighted by atomic mass is 9.71. The van der Waals surface area contributed by atoms with Gasteiger partial charge in [-0.1, -0.05) is 39.2 Å². The Morgan fingerprint density at radius 3 is 2.61 bits per heavy atom. The Bertz CT molecular complexity index is 481.